The Hall–Kier alpha value is -2.30. The van der Waals surface area contributed by atoms with Crippen LogP contribution in [-0.4, -0.2) is 33.6 Å². The molecule has 5 nitrogen and oxygen atoms in total. The minimum atomic E-state index is -0.500. The Bertz CT molecular complexity index is 642. The molecular formula is C17H23N3O2. The number of aromatic amines is 1. The smallest absolute Gasteiger partial charge is 0.410 e. The summed E-state index contributed by atoms with van der Waals surface area (Å²) in [5.74, 6) is 0.740. The van der Waals surface area contributed by atoms with Crippen LogP contribution in [0.4, 0.5) is 4.79 Å². The molecule has 0 saturated heterocycles. The normalized spacial score (nSPS) is 11.3. The summed E-state index contributed by atoms with van der Waals surface area (Å²) in [6.45, 7) is 7.91. The molecule has 2 aromatic rings. The fraction of sp³-hybridized carbons (Fsp3) is 0.412. The van der Waals surface area contributed by atoms with Gasteiger partial charge in [-0.15, -0.1) is 0 Å². The maximum Gasteiger partial charge on any atom is 0.410 e. The Morgan fingerprint density at radius 1 is 1.27 bits per heavy atom. The topological polar surface area (TPSA) is 58.2 Å². The van der Waals surface area contributed by atoms with Gasteiger partial charge in [-0.2, -0.15) is 0 Å². The van der Waals surface area contributed by atoms with Crippen molar-refractivity contribution >= 4 is 6.09 Å². The van der Waals surface area contributed by atoms with Gasteiger partial charge in [-0.05, 0) is 27.7 Å². The number of hydrogen-bond acceptors (Lipinski definition) is 3. The molecule has 0 aliphatic rings. The van der Waals surface area contributed by atoms with E-state index in [4.69, 9.17) is 4.74 Å². The fourth-order valence-corrected chi connectivity index (χ4v) is 2.10. The van der Waals surface area contributed by atoms with Crippen molar-refractivity contribution in [3.8, 4) is 11.3 Å². The molecule has 1 aromatic heterocycles. The molecule has 0 aliphatic carbocycles. The van der Waals surface area contributed by atoms with Gasteiger partial charge in [0.05, 0.1) is 12.2 Å². The maximum atomic E-state index is 12.0. The lowest BCUT2D eigenvalue weighted by molar-refractivity contribution is 0.0281. The van der Waals surface area contributed by atoms with E-state index in [1.807, 2.05) is 58.0 Å². The van der Waals surface area contributed by atoms with E-state index < -0.39 is 5.60 Å². The van der Waals surface area contributed by atoms with E-state index in [-0.39, 0.29) is 6.09 Å². The zero-order chi connectivity index (χ0) is 16.3. The van der Waals surface area contributed by atoms with Crippen molar-refractivity contribution in [3.63, 3.8) is 0 Å². The number of rotatable bonds is 3. The Balaban J connectivity index is 2.10. The third kappa shape index (κ3) is 4.10. The number of carbonyl (C=O) groups excluding carboxylic acids is 1. The van der Waals surface area contributed by atoms with Gasteiger partial charge in [0.15, 0.2) is 0 Å². The zero-order valence-corrected chi connectivity index (χ0v) is 13.8. The fourth-order valence-electron chi connectivity index (χ4n) is 2.10. The first-order chi connectivity index (χ1) is 10.3. The number of aryl methyl sites for hydroxylation is 1. The standard InChI is InChI=1S/C17H23N3O2/c1-12-15(13-9-7-6-8-10-13)19-14(18-12)11-20(5)16(21)22-17(2,3)4/h6-10H,11H2,1-5H3,(H,18,19). The summed E-state index contributed by atoms with van der Waals surface area (Å²) < 4.78 is 5.34. The summed E-state index contributed by atoms with van der Waals surface area (Å²) >= 11 is 0. The van der Waals surface area contributed by atoms with E-state index in [1.165, 1.54) is 4.90 Å². The van der Waals surface area contributed by atoms with Gasteiger partial charge in [0.1, 0.15) is 11.4 Å². The van der Waals surface area contributed by atoms with E-state index in [9.17, 15) is 4.79 Å². The first-order valence-electron chi connectivity index (χ1n) is 7.31. The molecule has 0 spiro atoms. The van der Waals surface area contributed by atoms with Crippen molar-refractivity contribution in [2.45, 2.75) is 39.8 Å². The molecule has 0 saturated carbocycles. The number of nitrogens with zero attached hydrogens (tertiary/aromatic N) is 2. The van der Waals surface area contributed by atoms with Gasteiger partial charge in [-0.3, -0.25) is 0 Å². The van der Waals surface area contributed by atoms with Crippen molar-refractivity contribution in [3.05, 3.63) is 41.9 Å². The quantitative estimate of drug-likeness (QED) is 0.939. The molecule has 118 valence electrons. The lowest BCUT2D eigenvalue weighted by atomic mass is 10.1. The molecule has 1 N–H and O–H groups in total. The molecular weight excluding hydrogens is 278 g/mol. The van der Waals surface area contributed by atoms with Crippen molar-refractivity contribution in [2.75, 3.05) is 7.05 Å². The molecule has 0 fully saturated rings. The Labute approximate surface area is 131 Å². The molecule has 2 rings (SSSR count). The lowest BCUT2D eigenvalue weighted by Gasteiger charge is -2.24. The predicted molar refractivity (Wildman–Crippen MR) is 86.5 cm³/mol. The number of nitrogens with one attached hydrogen (secondary N) is 1. The van der Waals surface area contributed by atoms with Gasteiger partial charge in [-0.25, -0.2) is 9.78 Å². The van der Waals surface area contributed by atoms with Crippen molar-refractivity contribution in [1.29, 1.82) is 0 Å². The summed E-state index contributed by atoms with van der Waals surface area (Å²) in [6, 6.07) is 9.98. The maximum absolute atomic E-state index is 12.0. The minimum absolute atomic E-state index is 0.359. The molecule has 0 bridgehead atoms. The number of hydrogen-bond donors (Lipinski definition) is 1. The SMILES string of the molecule is Cc1[nH]c(CN(C)C(=O)OC(C)(C)C)nc1-c1ccccc1. The number of carbonyl (C=O) groups is 1. The van der Waals surface area contributed by atoms with Gasteiger partial charge in [0, 0.05) is 18.3 Å². The molecule has 5 heteroatoms. The van der Waals surface area contributed by atoms with E-state index >= 15 is 0 Å². The van der Waals surface area contributed by atoms with Crippen LogP contribution < -0.4 is 0 Å². The van der Waals surface area contributed by atoms with Gasteiger partial charge in [0.2, 0.25) is 0 Å². The summed E-state index contributed by atoms with van der Waals surface area (Å²) in [6.07, 6.45) is -0.359. The molecule has 0 radical (unpaired) electrons. The summed E-state index contributed by atoms with van der Waals surface area (Å²) in [7, 11) is 1.70. The zero-order valence-electron chi connectivity index (χ0n) is 13.8. The first-order valence-corrected chi connectivity index (χ1v) is 7.31. The summed E-state index contributed by atoms with van der Waals surface area (Å²) in [5.41, 5.74) is 2.45. The third-order valence-corrected chi connectivity index (χ3v) is 3.07. The van der Waals surface area contributed by atoms with E-state index in [0.29, 0.717) is 6.54 Å². The van der Waals surface area contributed by atoms with Crippen LogP contribution >= 0.6 is 0 Å². The van der Waals surface area contributed by atoms with Crippen LogP contribution in [-0.2, 0) is 11.3 Å². The monoisotopic (exact) mass is 301 g/mol. The van der Waals surface area contributed by atoms with Crippen molar-refractivity contribution in [2.24, 2.45) is 0 Å². The second-order valence-corrected chi connectivity index (χ2v) is 6.36. The molecule has 0 atom stereocenters. The Kier molecular flexibility index (Phi) is 4.54. The number of benzene rings is 1. The van der Waals surface area contributed by atoms with Crippen molar-refractivity contribution < 1.29 is 9.53 Å². The molecule has 1 amide bonds. The van der Waals surface area contributed by atoms with E-state index in [0.717, 1.165) is 22.8 Å². The summed E-state index contributed by atoms with van der Waals surface area (Å²) in [5, 5.41) is 0. The van der Waals surface area contributed by atoms with Gasteiger partial charge < -0.3 is 14.6 Å². The van der Waals surface area contributed by atoms with Crippen LogP contribution in [0, 0.1) is 6.92 Å². The Morgan fingerprint density at radius 2 is 1.91 bits per heavy atom. The molecule has 22 heavy (non-hydrogen) atoms. The highest BCUT2D eigenvalue weighted by Gasteiger charge is 2.20. The van der Waals surface area contributed by atoms with Crippen LogP contribution in [0.1, 0.15) is 32.3 Å². The molecule has 0 unspecified atom stereocenters. The predicted octanol–water partition coefficient (Wildman–Crippen LogP) is 3.75. The van der Waals surface area contributed by atoms with Crippen LogP contribution in [0.15, 0.2) is 30.3 Å². The van der Waals surface area contributed by atoms with Gasteiger partial charge in [0.25, 0.3) is 0 Å². The average molecular weight is 301 g/mol. The molecule has 0 aliphatic heterocycles. The first kappa shape index (κ1) is 16.1. The van der Waals surface area contributed by atoms with Crippen LogP contribution in [0.2, 0.25) is 0 Å². The van der Waals surface area contributed by atoms with Crippen LogP contribution in [0.3, 0.4) is 0 Å². The second kappa shape index (κ2) is 6.22. The average Bonchev–Trinajstić information content (AvgIpc) is 2.78. The summed E-state index contributed by atoms with van der Waals surface area (Å²) in [4.78, 5) is 21.3. The highest BCUT2D eigenvalue weighted by Crippen LogP contribution is 2.21. The minimum Gasteiger partial charge on any atom is -0.444 e. The third-order valence-electron chi connectivity index (χ3n) is 3.07. The van der Waals surface area contributed by atoms with E-state index in [2.05, 4.69) is 9.97 Å². The number of imidazole rings is 1. The van der Waals surface area contributed by atoms with Gasteiger partial charge in [-0.1, -0.05) is 30.3 Å². The number of amides is 1. The highest BCUT2D eigenvalue weighted by molar-refractivity contribution is 5.67. The van der Waals surface area contributed by atoms with E-state index in [1.54, 1.807) is 7.05 Å². The van der Waals surface area contributed by atoms with Crippen LogP contribution in [0.5, 0.6) is 0 Å². The number of H-pyrrole nitrogens is 1. The van der Waals surface area contributed by atoms with Gasteiger partial charge >= 0.3 is 6.09 Å². The highest BCUT2D eigenvalue weighted by atomic mass is 16.6. The van der Waals surface area contributed by atoms with Crippen molar-refractivity contribution in [1.82, 2.24) is 14.9 Å². The molecule has 1 heterocycles. The lowest BCUT2D eigenvalue weighted by Crippen LogP contribution is -2.34. The number of aromatic nitrogens is 2. The Morgan fingerprint density at radius 3 is 2.50 bits per heavy atom. The van der Waals surface area contributed by atoms with Crippen LogP contribution in [0.25, 0.3) is 11.3 Å². The molecule has 1 aromatic carbocycles. The number of ether oxygens (including phenoxy) is 1. The largest absolute Gasteiger partial charge is 0.444 e. The second-order valence-electron chi connectivity index (χ2n) is 6.36.